The molecule has 3 nitrogen and oxygen atoms in total. The molecule has 0 unspecified atom stereocenters. The Bertz CT molecular complexity index is 142. The van der Waals surface area contributed by atoms with E-state index in [4.69, 9.17) is 25.8 Å². The summed E-state index contributed by atoms with van der Waals surface area (Å²) in [6.07, 6.45) is 0.959. The van der Waals surface area contributed by atoms with Crippen molar-refractivity contribution in [1.82, 2.24) is 0 Å². The molecule has 0 heterocycles. The van der Waals surface area contributed by atoms with Crippen LogP contribution in [-0.2, 0) is 14.2 Å². The van der Waals surface area contributed by atoms with E-state index in [0.717, 1.165) is 0 Å². The minimum Gasteiger partial charge on any atom is -0.500 e. The maximum Gasteiger partial charge on any atom is 0.197 e. The summed E-state index contributed by atoms with van der Waals surface area (Å²) in [5.41, 5.74) is 0. The Labute approximate surface area is 84.6 Å². The van der Waals surface area contributed by atoms with E-state index in [9.17, 15) is 0 Å². The Kier molecular flexibility index (Phi) is 8.19. The summed E-state index contributed by atoms with van der Waals surface area (Å²) in [5, 5.41) is 0.436. The number of hydrogen-bond donors (Lipinski definition) is 0. The average Bonchev–Trinajstić information content (AvgIpc) is 2.14. The molecule has 0 radical (unpaired) electrons. The monoisotopic (exact) mass is 208 g/mol. The topological polar surface area (TPSA) is 27.7 Å². The van der Waals surface area contributed by atoms with Crippen LogP contribution in [0, 0.1) is 0 Å². The van der Waals surface area contributed by atoms with Gasteiger partial charge in [-0.25, -0.2) is 0 Å². The molecule has 78 valence electrons. The van der Waals surface area contributed by atoms with Gasteiger partial charge in [-0.2, -0.15) is 0 Å². The van der Waals surface area contributed by atoms with E-state index in [1.165, 1.54) is 6.26 Å². The molecular weight excluding hydrogens is 192 g/mol. The van der Waals surface area contributed by atoms with Crippen molar-refractivity contribution in [3.63, 3.8) is 0 Å². The SMILES string of the molecule is CCOC=C(Cl)C(OCC)OCC. The van der Waals surface area contributed by atoms with Crippen LogP contribution in [0.2, 0.25) is 0 Å². The third-order valence-corrected chi connectivity index (χ3v) is 1.49. The predicted octanol–water partition coefficient (Wildman–Crippen LogP) is 2.50. The van der Waals surface area contributed by atoms with Gasteiger partial charge in [0.1, 0.15) is 11.3 Å². The van der Waals surface area contributed by atoms with Gasteiger partial charge in [0.25, 0.3) is 0 Å². The smallest absolute Gasteiger partial charge is 0.197 e. The Morgan fingerprint density at radius 2 is 1.69 bits per heavy atom. The van der Waals surface area contributed by atoms with Crippen molar-refractivity contribution < 1.29 is 14.2 Å². The highest BCUT2D eigenvalue weighted by molar-refractivity contribution is 6.29. The van der Waals surface area contributed by atoms with Crippen LogP contribution in [0.4, 0.5) is 0 Å². The van der Waals surface area contributed by atoms with Gasteiger partial charge in [0.2, 0.25) is 0 Å². The van der Waals surface area contributed by atoms with Gasteiger partial charge in [0.15, 0.2) is 6.29 Å². The van der Waals surface area contributed by atoms with Gasteiger partial charge < -0.3 is 14.2 Å². The number of ether oxygens (including phenoxy) is 3. The zero-order valence-electron chi connectivity index (χ0n) is 8.38. The first-order chi connectivity index (χ1) is 6.26. The predicted molar refractivity (Wildman–Crippen MR) is 52.6 cm³/mol. The maximum atomic E-state index is 5.87. The lowest BCUT2D eigenvalue weighted by atomic mass is 10.5. The van der Waals surface area contributed by atoms with Crippen LogP contribution >= 0.6 is 11.6 Å². The molecule has 0 amide bonds. The molecule has 13 heavy (non-hydrogen) atoms. The van der Waals surface area contributed by atoms with Gasteiger partial charge in [0, 0.05) is 13.2 Å². The van der Waals surface area contributed by atoms with Gasteiger partial charge in [-0.05, 0) is 20.8 Å². The van der Waals surface area contributed by atoms with Crippen LogP contribution in [0.5, 0.6) is 0 Å². The molecule has 0 spiro atoms. The largest absolute Gasteiger partial charge is 0.500 e. The molecule has 0 aliphatic heterocycles. The van der Waals surface area contributed by atoms with E-state index in [-0.39, 0.29) is 0 Å². The summed E-state index contributed by atoms with van der Waals surface area (Å²) < 4.78 is 15.5. The highest BCUT2D eigenvalue weighted by Gasteiger charge is 2.12. The Morgan fingerprint density at radius 3 is 2.08 bits per heavy atom. The number of hydrogen-bond acceptors (Lipinski definition) is 3. The van der Waals surface area contributed by atoms with Crippen LogP contribution in [0.15, 0.2) is 11.3 Å². The second kappa shape index (κ2) is 8.35. The second-order valence-corrected chi connectivity index (χ2v) is 2.64. The minimum atomic E-state index is -0.497. The van der Waals surface area contributed by atoms with Gasteiger partial charge in [-0.1, -0.05) is 11.6 Å². The fourth-order valence-corrected chi connectivity index (χ4v) is 0.918. The average molecular weight is 209 g/mol. The van der Waals surface area contributed by atoms with Crippen molar-refractivity contribution in [2.24, 2.45) is 0 Å². The van der Waals surface area contributed by atoms with Crippen LogP contribution in [0.1, 0.15) is 20.8 Å². The first-order valence-electron chi connectivity index (χ1n) is 4.46. The summed E-state index contributed by atoms with van der Waals surface area (Å²) in [4.78, 5) is 0. The standard InChI is InChI=1S/C9H17ClO3/c1-4-11-7-8(10)9(12-5-2)13-6-3/h7,9H,4-6H2,1-3H3. The van der Waals surface area contributed by atoms with E-state index < -0.39 is 6.29 Å². The molecule has 0 aromatic rings. The molecule has 0 bridgehead atoms. The lowest BCUT2D eigenvalue weighted by Crippen LogP contribution is -2.17. The molecule has 0 saturated carbocycles. The Hall–Kier alpha value is -0.250. The van der Waals surface area contributed by atoms with Crippen molar-refractivity contribution in [1.29, 1.82) is 0 Å². The fraction of sp³-hybridized carbons (Fsp3) is 0.778. The van der Waals surface area contributed by atoms with Gasteiger partial charge >= 0.3 is 0 Å². The molecule has 4 heteroatoms. The summed E-state index contributed by atoms with van der Waals surface area (Å²) in [6, 6.07) is 0. The van der Waals surface area contributed by atoms with Crippen LogP contribution in [-0.4, -0.2) is 26.1 Å². The van der Waals surface area contributed by atoms with Crippen molar-refractivity contribution in [2.75, 3.05) is 19.8 Å². The van der Waals surface area contributed by atoms with Crippen molar-refractivity contribution in [2.45, 2.75) is 27.1 Å². The highest BCUT2D eigenvalue weighted by Crippen LogP contribution is 2.13. The molecule has 0 N–H and O–H groups in total. The summed E-state index contributed by atoms with van der Waals surface area (Å²) in [5.74, 6) is 0. The van der Waals surface area contributed by atoms with E-state index in [1.54, 1.807) is 0 Å². The summed E-state index contributed by atoms with van der Waals surface area (Å²) in [6.45, 7) is 7.35. The molecule has 0 aliphatic carbocycles. The lowest BCUT2D eigenvalue weighted by Gasteiger charge is -2.15. The molecule has 0 atom stereocenters. The molecule has 0 fully saturated rings. The van der Waals surface area contributed by atoms with E-state index in [0.29, 0.717) is 24.9 Å². The van der Waals surface area contributed by atoms with Crippen LogP contribution in [0.3, 0.4) is 0 Å². The molecule has 0 aromatic carbocycles. The molecule has 0 aromatic heterocycles. The van der Waals surface area contributed by atoms with Crippen molar-refractivity contribution in [3.05, 3.63) is 11.3 Å². The van der Waals surface area contributed by atoms with Crippen LogP contribution < -0.4 is 0 Å². The quantitative estimate of drug-likeness (QED) is 0.475. The highest BCUT2D eigenvalue weighted by atomic mass is 35.5. The van der Waals surface area contributed by atoms with Gasteiger partial charge in [-0.3, -0.25) is 0 Å². The van der Waals surface area contributed by atoms with Gasteiger partial charge in [0.05, 0.1) is 6.61 Å². The van der Waals surface area contributed by atoms with Gasteiger partial charge in [-0.15, -0.1) is 0 Å². The van der Waals surface area contributed by atoms with Crippen molar-refractivity contribution >= 4 is 11.6 Å². The zero-order chi connectivity index (χ0) is 10.1. The Balaban J connectivity index is 4.00. The molecular formula is C9H17ClO3. The zero-order valence-corrected chi connectivity index (χ0v) is 9.13. The first-order valence-corrected chi connectivity index (χ1v) is 4.84. The second-order valence-electron chi connectivity index (χ2n) is 2.20. The minimum absolute atomic E-state index is 0.436. The fourth-order valence-electron chi connectivity index (χ4n) is 0.729. The molecule has 0 aliphatic rings. The van der Waals surface area contributed by atoms with E-state index in [2.05, 4.69) is 0 Å². The van der Waals surface area contributed by atoms with E-state index in [1.807, 2.05) is 20.8 Å². The summed E-state index contributed by atoms with van der Waals surface area (Å²) >= 11 is 5.87. The summed E-state index contributed by atoms with van der Waals surface area (Å²) in [7, 11) is 0. The lowest BCUT2D eigenvalue weighted by molar-refractivity contribution is -0.108. The third-order valence-electron chi connectivity index (χ3n) is 1.22. The molecule has 0 saturated heterocycles. The number of rotatable bonds is 7. The van der Waals surface area contributed by atoms with E-state index >= 15 is 0 Å². The molecule has 0 rings (SSSR count). The maximum absolute atomic E-state index is 5.87. The normalized spacial score (nSPS) is 12.2. The third kappa shape index (κ3) is 5.91. The van der Waals surface area contributed by atoms with Crippen molar-refractivity contribution in [3.8, 4) is 0 Å². The first kappa shape index (κ1) is 12.8. The Morgan fingerprint density at radius 1 is 1.15 bits per heavy atom. The van der Waals surface area contributed by atoms with Crippen LogP contribution in [0.25, 0.3) is 0 Å². The number of halogens is 1.